The van der Waals surface area contributed by atoms with E-state index < -0.39 is 0 Å². The number of rotatable bonds is 4. The largest absolute Gasteiger partial charge is 0.410 e. The molecule has 5 nitrogen and oxygen atoms in total. The number of thioether (sulfide) groups is 1. The minimum Gasteiger partial charge on any atom is -0.410 e. The zero-order valence-electron chi connectivity index (χ0n) is 16.4. The Bertz CT molecular complexity index is 1040. The SMILES string of the molecule is C[C@@H]1CCc2sc(-c3nnc(SCC(=O)N4CCCc5ccccc54)o3)cc2C1. The van der Waals surface area contributed by atoms with Gasteiger partial charge in [-0.05, 0) is 61.3 Å². The van der Waals surface area contributed by atoms with Crippen LogP contribution in [0.1, 0.15) is 35.8 Å². The summed E-state index contributed by atoms with van der Waals surface area (Å²) in [5.41, 5.74) is 3.71. The molecule has 1 aliphatic carbocycles. The summed E-state index contributed by atoms with van der Waals surface area (Å²) in [7, 11) is 0. The van der Waals surface area contributed by atoms with Crippen LogP contribution in [-0.4, -0.2) is 28.4 Å². The molecule has 0 unspecified atom stereocenters. The third-order valence-electron chi connectivity index (χ3n) is 5.68. The highest BCUT2D eigenvalue weighted by Crippen LogP contribution is 2.37. The van der Waals surface area contributed by atoms with Crippen LogP contribution in [0.4, 0.5) is 5.69 Å². The minimum absolute atomic E-state index is 0.0856. The van der Waals surface area contributed by atoms with Crippen molar-refractivity contribution in [1.82, 2.24) is 10.2 Å². The van der Waals surface area contributed by atoms with E-state index >= 15 is 0 Å². The molecule has 0 saturated carbocycles. The van der Waals surface area contributed by atoms with E-state index in [1.807, 2.05) is 23.1 Å². The summed E-state index contributed by atoms with van der Waals surface area (Å²) < 4.78 is 5.86. The highest BCUT2D eigenvalue weighted by atomic mass is 32.2. The number of nitrogens with zero attached hydrogens (tertiary/aromatic N) is 3. The van der Waals surface area contributed by atoms with Gasteiger partial charge in [0.2, 0.25) is 5.91 Å². The standard InChI is InChI=1S/C22H23N3O2S2/c1-14-8-9-18-16(11-14)12-19(29-18)21-23-24-22(27-21)28-13-20(26)25-10-4-6-15-5-2-3-7-17(15)25/h2-3,5,7,12,14H,4,6,8-11,13H2,1H3/t14-/m1/s1. The lowest BCUT2D eigenvalue weighted by molar-refractivity contribution is -0.116. The number of fused-ring (bicyclic) bond motifs is 2. The van der Waals surface area contributed by atoms with Gasteiger partial charge in [-0.3, -0.25) is 4.79 Å². The molecule has 0 saturated heterocycles. The Hall–Kier alpha value is -2.12. The average Bonchev–Trinajstić information content (AvgIpc) is 3.38. The quantitative estimate of drug-likeness (QED) is 0.551. The van der Waals surface area contributed by atoms with Crippen LogP contribution >= 0.6 is 23.1 Å². The summed E-state index contributed by atoms with van der Waals surface area (Å²) >= 11 is 3.08. The molecule has 1 atom stereocenters. The van der Waals surface area contributed by atoms with Gasteiger partial charge in [-0.1, -0.05) is 36.9 Å². The van der Waals surface area contributed by atoms with Crippen LogP contribution in [0.5, 0.6) is 0 Å². The number of thiophene rings is 1. The third kappa shape index (κ3) is 3.85. The van der Waals surface area contributed by atoms with Gasteiger partial charge in [0.15, 0.2) is 0 Å². The van der Waals surface area contributed by atoms with Crippen molar-refractivity contribution in [2.75, 3.05) is 17.2 Å². The Morgan fingerprint density at radius 3 is 3.10 bits per heavy atom. The maximum Gasteiger partial charge on any atom is 0.277 e. The van der Waals surface area contributed by atoms with E-state index in [2.05, 4.69) is 29.3 Å². The fourth-order valence-electron chi connectivity index (χ4n) is 4.17. The van der Waals surface area contributed by atoms with Crippen LogP contribution in [0.25, 0.3) is 10.8 Å². The number of anilines is 1. The molecule has 1 aromatic carbocycles. The van der Waals surface area contributed by atoms with Crippen LogP contribution in [0.3, 0.4) is 0 Å². The lowest BCUT2D eigenvalue weighted by Gasteiger charge is -2.29. The van der Waals surface area contributed by atoms with E-state index in [1.165, 1.54) is 34.2 Å². The lowest BCUT2D eigenvalue weighted by Crippen LogP contribution is -2.36. The monoisotopic (exact) mass is 425 g/mol. The van der Waals surface area contributed by atoms with E-state index in [0.717, 1.165) is 48.7 Å². The fourth-order valence-corrected chi connectivity index (χ4v) is 5.94. The molecule has 7 heteroatoms. The normalized spacial score (nSPS) is 18.4. The lowest BCUT2D eigenvalue weighted by atomic mass is 9.90. The molecule has 150 valence electrons. The van der Waals surface area contributed by atoms with Crippen molar-refractivity contribution in [2.24, 2.45) is 5.92 Å². The Kier molecular flexibility index (Phi) is 5.18. The summed E-state index contributed by atoms with van der Waals surface area (Å²) in [6, 6.07) is 10.4. The van der Waals surface area contributed by atoms with Gasteiger partial charge < -0.3 is 9.32 Å². The molecule has 3 heterocycles. The van der Waals surface area contributed by atoms with E-state index in [9.17, 15) is 4.79 Å². The fraction of sp³-hybridized carbons (Fsp3) is 0.409. The minimum atomic E-state index is 0.0856. The van der Waals surface area contributed by atoms with E-state index in [0.29, 0.717) is 16.9 Å². The summed E-state index contributed by atoms with van der Waals surface area (Å²) in [5.74, 6) is 1.69. The molecule has 1 amide bonds. The predicted octanol–water partition coefficient (Wildman–Crippen LogP) is 4.99. The zero-order valence-corrected chi connectivity index (χ0v) is 18.0. The van der Waals surface area contributed by atoms with Crippen LogP contribution in [0.15, 0.2) is 40.0 Å². The van der Waals surface area contributed by atoms with Crippen LogP contribution < -0.4 is 4.90 Å². The summed E-state index contributed by atoms with van der Waals surface area (Å²) in [5, 5.41) is 8.84. The van der Waals surface area contributed by atoms with Crippen molar-refractivity contribution in [3.05, 3.63) is 46.3 Å². The maximum atomic E-state index is 12.8. The summed E-state index contributed by atoms with van der Waals surface area (Å²) in [4.78, 5) is 17.2. The molecule has 5 rings (SSSR count). The smallest absolute Gasteiger partial charge is 0.277 e. The van der Waals surface area contributed by atoms with E-state index in [-0.39, 0.29) is 5.91 Å². The van der Waals surface area contributed by atoms with Crippen LogP contribution in [0.2, 0.25) is 0 Å². The number of benzene rings is 1. The number of aromatic nitrogens is 2. The van der Waals surface area contributed by atoms with Crippen molar-refractivity contribution in [2.45, 2.75) is 44.3 Å². The van der Waals surface area contributed by atoms with Gasteiger partial charge in [0.25, 0.3) is 11.1 Å². The first-order valence-electron chi connectivity index (χ1n) is 10.1. The van der Waals surface area contributed by atoms with Gasteiger partial charge in [-0.2, -0.15) is 0 Å². The molecular formula is C22H23N3O2S2. The van der Waals surface area contributed by atoms with Gasteiger partial charge in [-0.25, -0.2) is 0 Å². The van der Waals surface area contributed by atoms with Crippen molar-refractivity contribution in [3.63, 3.8) is 0 Å². The molecular weight excluding hydrogens is 402 g/mol. The number of hydrogen-bond donors (Lipinski definition) is 0. The van der Waals surface area contributed by atoms with Crippen molar-refractivity contribution < 1.29 is 9.21 Å². The Labute approximate surface area is 178 Å². The van der Waals surface area contributed by atoms with Crippen molar-refractivity contribution in [1.29, 1.82) is 0 Å². The van der Waals surface area contributed by atoms with Crippen LogP contribution in [-0.2, 0) is 24.1 Å². The average molecular weight is 426 g/mol. The molecule has 0 fully saturated rings. The van der Waals surface area contributed by atoms with Crippen molar-refractivity contribution in [3.8, 4) is 10.8 Å². The van der Waals surface area contributed by atoms with Gasteiger partial charge in [0, 0.05) is 17.1 Å². The highest BCUT2D eigenvalue weighted by molar-refractivity contribution is 7.99. The first-order chi connectivity index (χ1) is 14.2. The molecule has 0 N–H and O–H groups in total. The first-order valence-corrected chi connectivity index (χ1v) is 11.9. The van der Waals surface area contributed by atoms with E-state index in [4.69, 9.17) is 4.42 Å². The molecule has 1 aliphatic heterocycles. The number of aryl methyl sites for hydroxylation is 2. The second kappa shape index (κ2) is 7.95. The predicted molar refractivity (Wildman–Crippen MR) is 117 cm³/mol. The van der Waals surface area contributed by atoms with Gasteiger partial charge in [-0.15, -0.1) is 21.5 Å². The molecule has 29 heavy (non-hydrogen) atoms. The second-order valence-corrected chi connectivity index (χ2v) is 9.91. The Morgan fingerprint density at radius 1 is 1.28 bits per heavy atom. The summed E-state index contributed by atoms with van der Waals surface area (Å²) in [6.45, 7) is 3.07. The number of carbonyl (C=O) groups excluding carboxylic acids is 1. The topological polar surface area (TPSA) is 59.2 Å². The van der Waals surface area contributed by atoms with Crippen LogP contribution in [0, 0.1) is 5.92 Å². The number of hydrogen-bond acceptors (Lipinski definition) is 6. The molecule has 0 radical (unpaired) electrons. The molecule has 2 aliphatic rings. The number of amides is 1. The molecule has 2 aromatic heterocycles. The summed E-state index contributed by atoms with van der Waals surface area (Å²) in [6.07, 6.45) is 5.55. The Morgan fingerprint density at radius 2 is 2.17 bits per heavy atom. The Balaban J connectivity index is 1.25. The van der Waals surface area contributed by atoms with E-state index in [1.54, 1.807) is 11.3 Å². The molecule has 0 bridgehead atoms. The molecule has 0 spiro atoms. The van der Waals surface area contributed by atoms with Gasteiger partial charge >= 0.3 is 0 Å². The first kappa shape index (κ1) is 18.9. The van der Waals surface area contributed by atoms with Gasteiger partial charge in [0.05, 0.1) is 10.6 Å². The zero-order chi connectivity index (χ0) is 19.8. The number of para-hydroxylation sites is 1. The maximum absolute atomic E-state index is 12.8. The van der Waals surface area contributed by atoms with Crippen molar-refractivity contribution >= 4 is 34.7 Å². The highest BCUT2D eigenvalue weighted by Gasteiger charge is 2.24. The number of carbonyl (C=O) groups is 1. The second-order valence-electron chi connectivity index (χ2n) is 7.85. The third-order valence-corrected chi connectivity index (χ3v) is 7.71. The van der Waals surface area contributed by atoms with Gasteiger partial charge in [0.1, 0.15) is 0 Å². The molecule has 3 aromatic rings.